The van der Waals surface area contributed by atoms with Crippen molar-refractivity contribution in [2.45, 2.75) is 92.7 Å². The van der Waals surface area contributed by atoms with Crippen molar-refractivity contribution >= 4 is 62.3 Å². The van der Waals surface area contributed by atoms with Crippen molar-refractivity contribution < 1.29 is 46.8 Å². The van der Waals surface area contributed by atoms with Gasteiger partial charge in [-0.2, -0.15) is 0 Å². The fraction of sp³-hybridized carbons (Fsp3) is 0.389. The summed E-state index contributed by atoms with van der Waals surface area (Å²) in [4.78, 5) is 27.2. The van der Waals surface area contributed by atoms with Crippen LogP contribution in [0.5, 0.6) is 11.5 Å². The number of carboxylic acids is 2. The number of phenolic OH excluding ortho intramolecular Hbond substituents is 2. The molecule has 1 radical (unpaired) electrons. The van der Waals surface area contributed by atoms with Gasteiger partial charge in [0.2, 0.25) is 0 Å². The number of rotatable bonds is 8. The molecule has 0 aliphatic carbocycles. The second-order valence-electron chi connectivity index (χ2n) is 13.8. The molecule has 0 bridgehead atoms. The van der Waals surface area contributed by atoms with E-state index in [2.05, 4.69) is 91.2 Å². The number of benzene rings is 3. The first-order chi connectivity index (χ1) is 21.0. The molecule has 0 amide bonds. The number of nitrogens with zero attached hydrogens (tertiary/aromatic N) is 2. The van der Waals surface area contributed by atoms with E-state index in [9.17, 15) is 10.2 Å². The van der Waals surface area contributed by atoms with Crippen LogP contribution >= 0.6 is 0 Å². The summed E-state index contributed by atoms with van der Waals surface area (Å²) in [6.45, 7) is 24.2. The minimum atomic E-state index is -1.57. The van der Waals surface area contributed by atoms with Crippen LogP contribution in [0.2, 0.25) is 39.3 Å². The molecule has 11 heteroatoms. The molecule has 47 heavy (non-hydrogen) atoms. The molecule has 0 aromatic heterocycles. The molecule has 3 aromatic rings. The molecule has 0 saturated heterocycles. The molecule has 8 nitrogen and oxygen atoms in total. The van der Waals surface area contributed by atoms with Gasteiger partial charge >= 0.3 is 16.8 Å². The van der Waals surface area contributed by atoms with Gasteiger partial charge in [0, 0.05) is 35.5 Å². The molecular weight excluding hydrogens is 672 g/mol. The van der Waals surface area contributed by atoms with Crippen LogP contribution in [0, 0.1) is 0 Å². The van der Waals surface area contributed by atoms with Gasteiger partial charge in [0.25, 0.3) is 0 Å². The van der Waals surface area contributed by atoms with Crippen LogP contribution in [-0.4, -0.2) is 50.7 Å². The molecule has 0 saturated carbocycles. The Bertz CT molecular complexity index is 1450. The van der Waals surface area contributed by atoms with E-state index in [1.807, 2.05) is 24.3 Å². The minimum Gasteiger partial charge on any atom is -0.550 e. The van der Waals surface area contributed by atoms with Crippen molar-refractivity contribution in [3.8, 4) is 11.5 Å². The number of aliphatic imine (C=N–C) groups is 2. The summed E-state index contributed by atoms with van der Waals surface area (Å²) in [5.41, 5.74) is 4.93. The zero-order valence-corrected chi connectivity index (χ0v) is 32.7. The van der Waals surface area contributed by atoms with E-state index in [-0.39, 0.29) is 28.6 Å². The Kier molecular flexibility index (Phi) is 17.3. The number of hydrogen-bond acceptors (Lipinski definition) is 8. The molecule has 2 N–H and O–H groups in total. The van der Waals surface area contributed by atoms with Crippen molar-refractivity contribution in [3.63, 3.8) is 0 Å². The summed E-state index contributed by atoms with van der Waals surface area (Å²) >= 11 is 0. The molecule has 0 spiro atoms. The summed E-state index contributed by atoms with van der Waals surface area (Å²) in [5, 5.41) is 42.3. The molecule has 0 fully saturated rings. The number of aliphatic carboxylic acids is 2. The Labute approximate surface area is 292 Å². The van der Waals surface area contributed by atoms with Crippen molar-refractivity contribution in [2.24, 2.45) is 9.98 Å². The molecule has 0 aliphatic rings. The summed E-state index contributed by atoms with van der Waals surface area (Å²) in [6.07, 6.45) is 3.51. The molecule has 0 unspecified atom stereocenters. The Balaban J connectivity index is 0.00000211. The van der Waals surface area contributed by atoms with Gasteiger partial charge in [0.05, 0.1) is 27.5 Å². The van der Waals surface area contributed by atoms with Gasteiger partial charge in [0.15, 0.2) is 0 Å². The van der Waals surface area contributed by atoms with E-state index in [4.69, 9.17) is 29.8 Å². The smallest absolute Gasteiger partial charge is 0.550 e. The average Bonchev–Trinajstić information content (AvgIpc) is 2.90. The Morgan fingerprint density at radius 3 is 1.21 bits per heavy atom. The van der Waals surface area contributed by atoms with Gasteiger partial charge in [-0.1, -0.05) is 108 Å². The van der Waals surface area contributed by atoms with Crippen LogP contribution in [0.4, 0.5) is 11.4 Å². The second kappa shape index (κ2) is 18.7. The first-order valence-electron chi connectivity index (χ1n) is 15.3. The summed E-state index contributed by atoms with van der Waals surface area (Å²) in [5.74, 6) is -1.11. The van der Waals surface area contributed by atoms with Gasteiger partial charge in [-0.25, -0.2) is 0 Å². The number of phenols is 2. The SMILES string of the molecule is CC(=O)[O-].CC(=O)[O-].CC(C)c1cc([Si](C)(C)C)cc(C=Nc2cccc(N=Cc3cc([Si](C)(C)C)cc(C(C)C)c3O)c2)c1O.[Co+2]. The third-order valence-corrected chi connectivity index (χ3v) is 10.9. The fourth-order valence-electron chi connectivity index (χ4n) is 4.25. The molecule has 257 valence electrons. The Morgan fingerprint density at radius 2 is 0.957 bits per heavy atom. The standard InChI is InChI=1S/C32H44N2O2Si2.2C2H4O2.Co/c1-21(2)29-17-27(37(5,6)7)14-23(31(29)35)19-33-25-12-11-13-26(16-25)34-20-24-15-28(38(8,9)10)18-30(22(3)4)32(24)36;2*1-2(3)4;/h11-22,35-36H,1-10H3;2*1H3,(H,3,4);/q;;;+2/p-2. The molecule has 0 aliphatic heterocycles. The zero-order chi connectivity index (χ0) is 35.6. The average molecular weight is 722 g/mol. The number of hydrogen-bond donors (Lipinski definition) is 2. The predicted molar refractivity (Wildman–Crippen MR) is 193 cm³/mol. The first-order valence-corrected chi connectivity index (χ1v) is 22.3. The molecule has 3 rings (SSSR count). The van der Waals surface area contributed by atoms with Crippen molar-refractivity contribution in [2.75, 3.05) is 0 Å². The van der Waals surface area contributed by atoms with Gasteiger partial charge in [-0.3, -0.25) is 9.98 Å². The number of carboxylic acid groups (broad SMARTS) is 2. The third-order valence-electron chi connectivity index (χ3n) is 6.85. The largest absolute Gasteiger partial charge is 2.00 e. The zero-order valence-electron chi connectivity index (χ0n) is 29.7. The number of aromatic hydroxyl groups is 2. The Hall–Kier alpha value is -3.52. The van der Waals surface area contributed by atoms with Crippen molar-refractivity contribution in [1.82, 2.24) is 0 Å². The Morgan fingerprint density at radius 1 is 0.660 bits per heavy atom. The fourth-order valence-corrected chi connectivity index (χ4v) is 6.60. The van der Waals surface area contributed by atoms with Crippen LogP contribution in [0.1, 0.15) is 75.6 Å². The maximum absolute atomic E-state index is 10.9. The van der Waals surface area contributed by atoms with Crippen LogP contribution in [0.3, 0.4) is 0 Å². The quantitative estimate of drug-likeness (QED) is 0.234. The third kappa shape index (κ3) is 14.8. The van der Waals surface area contributed by atoms with Crippen LogP contribution in [-0.2, 0) is 26.4 Å². The minimum absolute atomic E-state index is 0. The number of carbonyl (C=O) groups excluding carboxylic acids is 2. The van der Waals surface area contributed by atoms with Gasteiger partial charge < -0.3 is 30.0 Å². The molecular formula is C36H50CoN2O6Si2. The topological polar surface area (TPSA) is 145 Å². The predicted octanol–water partition coefficient (Wildman–Crippen LogP) is 5.45. The molecule has 0 atom stereocenters. The van der Waals surface area contributed by atoms with E-state index in [1.54, 1.807) is 12.4 Å². The van der Waals surface area contributed by atoms with Gasteiger partial charge in [-0.05, 0) is 55.0 Å². The normalized spacial score (nSPS) is 11.5. The maximum Gasteiger partial charge on any atom is 2.00 e. The van der Waals surface area contributed by atoms with Crippen LogP contribution in [0.25, 0.3) is 0 Å². The number of carbonyl (C=O) groups is 2. The van der Waals surface area contributed by atoms with Crippen molar-refractivity contribution in [1.29, 1.82) is 0 Å². The van der Waals surface area contributed by atoms with E-state index >= 15 is 0 Å². The summed E-state index contributed by atoms with van der Waals surface area (Å²) in [7, 11) is -3.13. The summed E-state index contributed by atoms with van der Waals surface area (Å²) < 4.78 is 0. The summed E-state index contributed by atoms with van der Waals surface area (Å²) in [6, 6.07) is 16.2. The second-order valence-corrected chi connectivity index (χ2v) is 24.0. The van der Waals surface area contributed by atoms with E-state index in [1.165, 1.54) is 10.4 Å². The van der Waals surface area contributed by atoms with Crippen LogP contribution in [0.15, 0.2) is 58.5 Å². The van der Waals surface area contributed by atoms with E-state index < -0.39 is 28.1 Å². The van der Waals surface area contributed by atoms with Gasteiger partial charge in [0.1, 0.15) is 11.5 Å². The van der Waals surface area contributed by atoms with Crippen LogP contribution < -0.4 is 20.6 Å². The first kappa shape index (κ1) is 43.5. The molecule has 3 aromatic carbocycles. The van der Waals surface area contributed by atoms with E-state index in [0.29, 0.717) is 11.5 Å². The maximum atomic E-state index is 10.9. The van der Waals surface area contributed by atoms with Crippen molar-refractivity contribution in [3.05, 3.63) is 70.8 Å². The van der Waals surface area contributed by atoms with Gasteiger partial charge in [-0.15, -0.1) is 0 Å². The van der Waals surface area contributed by atoms with E-state index in [0.717, 1.165) is 47.5 Å². The molecule has 0 heterocycles. The monoisotopic (exact) mass is 721 g/mol.